The molecule has 1 amide bonds. The van der Waals surface area contributed by atoms with Crippen molar-refractivity contribution in [1.29, 1.82) is 0 Å². The lowest BCUT2D eigenvalue weighted by Crippen LogP contribution is -2.43. The number of carboxylic acids is 1. The number of halogens is 2. The molecule has 1 saturated heterocycles. The Labute approximate surface area is 201 Å². The molecule has 10 heteroatoms. The largest absolute Gasteiger partial charge is 0.477 e. The molecule has 1 saturated carbocycles. The van der Waals surface area contributed by atoms with Crippen molar-refractivity contribution in [3.8, 4) is 0 Å². The van der Waals surface area contributed by atoms with Crippen LogP contribution in [-0.2, 0) is 4.74 Å². The summed E-state index contributed by atoms with van der Waals surface area (Å²) in [4.78, 5) is 38.1. The van der Waals surface area contributed by atoms with Gasteiger partial charge in [-0.25, -0.2) is 18.4 Å². The number of nitrogens with one attached hydrogen (secondary N) is 1. The number of aromatic nitrogens is 1. The number of carboxylic acid groups (broad SMARTS) is 1. The van der Waals surface area contributed by atoms with Crippen LogP contribution in [0.1, 0.15) is 69.8 Å². The fraction of sp³-hybridized carbons (Fsp3) is 0.560. The Morgan fingerprint density at radius 3 is 2.51 bits per heavy atom. The summed E-state index contributed by atoms with van der Waals surface area (Å²) < 4.78 is 37.9. The number of anilines is 1. The lowest BCUT2D eigenvalue weighted by molar-refractivity contribution is 0.0486. The number of amides is 1. The zero-order chi connectivity index (χ0) is 25.7. The quantitative estimate of drug-likeness (QED) is 0.620. The lowest BCUT2D eigenvalue weighted by Gasteiger charge is -2.27. The van der Waals surface area contributed by atoms with Crippen molar-refractivity contribution in [2.75, 3.05) is 18.0 Å². The number of pyridine rings is 1. The van der Waals surface area contributed by atoms with E-state index in [0.29, 0.717) is 25.9 Å². The van der Waals surface area contributed by atoms with Gasteiger partial charge in [-0.3, -0.25) is 4.79 Å². The smallest absolute Gasteiger partial charge is 0.407 e. The van der Waals surface area contributed by atoms with Crippen molar-refractivity contribution < 1.29 is 28.2 Å². The molecular formula is C25H31F2N3O5. The van der Waals surface area contributed by atoms with Gasteiger partial charge in [0.05, 0.1) is 10.9 Å². The number of carbonyl (C=O) groups is 2. The average Bonchev–Trinajstić information content (AvgIpc) is 3.49. The van der Waals surface area contributed by atoms with Gasteiger partial charge >= 0.3 is 12.1 Å². The van der Waals surface area contributed by atoms with Gasteiger partial charge in [0.2, 0.25) is 5.43 Å². The summed E-state index contributed by atoms with van der Waals surface area (Å²) in [6.45, 7) is 7.94. The number of rotatable bonds is 6. The highest BCUT2D eigenvalue weighted by Gasteiger charge is 2.35. The molecule has 2 atom stereocenters. The number of carbonyl (C=O) groups excluding carboxylic acids is 1. The zero-order valence-electron chi connectivity index (χ0n) is 20.4. The van der Waals surface area contributed by atoms with Crippen LogP contribution < -0.4 is 15.6 Å². The van der Waals surface area contributed by atoms with Crippen LogP contribution in [0.5, 0.6) is 0 Å². The molecule has 1 unspecified atom stereocenters. The Morgan fingerprint density at radius 1 is 1.26 bits per heavy atom. The van der Waals surface area contributed by atoms with Gasteiger partial charge in [0.15, 0.2) is 5.82 Å². The molecule has 1 aromatic carbocycles. The Kier molecular flexibility index (Phi) is 6.50. The summed E-state index contributed by atoms with van der Waals surface area (Å²) in [6, 6.07) is 0.590. The first-order valence-electron chi connectivity index (χ1n) is 12.0. The molecule has 4 rings (SSSR count). The number of nitrogens with zero attached hydrogens (tertiary/aromatic N) is 2. The van der Waals surface area contributed by atoms with Crippen molar-refractivity contribution >= 4 is 28.7 Å². The van der Waals surface area contributed by atoms with Crippen LogP contribution in [0.15, 0.2) is 17.1 Å². The number of aromatic carboxylic acids is 1. The minimum atomic E-state index is -1.43. The molecule has 190 valence electrons. The molecule has 1 aromatic heterocycles. The first kappa shape index (κ1) is 24.9. The number of hydrogen-bond donors (Lipinski definition) is 2. The monoisotopic (exact) mass is 491 g/mol. The van der Waals surface area contributed by atoms with Crippen molar-refractivity contribution in [2.45, 2.75) is 71.1 Å². The number of ether oxygens (including phenoxy) is 1. The van der Waals surface area contributed by atoms with Crippen molar-refractivity contribution in [3.63, 3.8) is 0 Å². The van der Waals surface area contributed by atoms with Crippen LogP contribution in [0.2, 0.25) is 0 Å². The summed E-state index contributed by atoms with van der Waals surface area (Å²) >= 11 is 0. The predicted octanol–water partition coefficient (Wildman–Crippen LogP) is 4.44. The minimum Gasteiger partial charge on any atom is -0.477 e. The third-order valence-electron chi connectivity index (χ3n) is 6.61. The lowest BCUT2D eigenvalue weighted by atomic mass is 9.97. The third kappa shape index (κ3) is 4.97. The van der Waals surface area contributed by atoms with E-state index in [1.165, 1.54) is 10.8 Å². The highest BCUT2D eigenvalue weighted by molar-refractivity contribution is 5.94. The van der Waals surface area contributed by atoms with Crippen LogP contribution in [-0.4, -0.2) is 46.5 Å². The van der Waals surface area contributed by atoms with E-state index in [-0.39, 0.29) is 34.6 Å². The molecule has 2 aromatic rings. The molecule has 35 heavy (non-hydrogen) atoms. The number of benzene rings is 1. The number of fused-ring (bicyclic) bond motifs is 1. The Hall–Kier alpha value is -3.17. The molecule has 1 aliphatic heterocycles. The highest BCUT2D eigenvalue weighted by Crippen LogP contribution is 2.40. The number of alkyl carbamates (subject to hydrolysis) is 1. The molecule has 0 bridgehead atoms. The maximum atomic E-state index is 15.9. The van der Waals surface area contributed by atoms with Gasteiger partial charge in [0, 0.05) is 31.4 Å². The van der Waals surface area contributed by atoms with E-state index in [0.717, 1.165) is 18.9 Å². The Balaban J connectivity index is 1.66. The summed E-state index contributed by atoms with van der Waals surface area (Å²) in [5.74, 6) is -3.26. The molecule has 2 fully saturated rings. The maximum absolute atomic E-state index is 15.9. The molecule has 2 heterocycles. The van der Waals surface area contributed by atoms with E-state index in [2.05, 4.69) is 5.32 Å². The predicted molar refractivity (Wildman–Crippen MR) is 127 cm³/mol. The average molecular weight is 492 g/mol. The molecule has 0 spiro atoms. The second-order valence-corrected chi connectivity index (χ2v) is 10.4. The van der Waals surface area contributed by atoms with Crippen molar-refractivity contribution in [3.05, 3.63) is 39.7 Å². The first-order valence-corrected chi connectivity index (χ1v) is 12.0. The van der Waals surface area contributed by atoms with E-state index in [1.807, 2.05) is 6.92 Å². The van der Waals surface area contributed by atoms with E-state index < -0.39 is 40.3 Å². The van der Waals surface area contributed by atoms with Gasteiger partial charge in [-0.15, -0.1) is 0 Å². The third-order valence-corrected chi connectivity index (χ3v) is 6.61. The zero-order valence-corrected chi connectivity index (χ0v) is 20.4. The summed E-state index contributed by atoms with van der Waals surface area (Å²) in [5, 5.41) is 12.0. The standard InChI is InChI=1S/C25H31F2N3O5/c1-5-18(28-24(34)35-25(2,3)4)13-8-9-29(11-13)21-17(26)10-15-20(19(21)27)30(14-6-7-14)12-16(22(15)31)23(32)33/h10,12-14,18H,5-9,11H2,1-4H3,(H,28,34)(H,32,33)/t13?,18-/m1/s1. The van der Waals surface area contributed by atoms with Crippen LogP contribution in [0, 0.1) is 17.6 Å². The molecule has 2 aliphatic rings. The summed E-state index contributed by atoms with van der Waals surface area (Å²) in [7, 11) is 0. The normalized spacial score (nSPS) is 19.1. The second-order valence-electron chi connectivity index (χ2n) is 10.4. The van der Waals surface area contributed by atoms with E-state index in [9.17, 15) is 19.5 Å². The topological polar surface area (TPSA) is 101 Å². The van der Waals surface area contributed by atoms with Crippen LogP contribution >= 0.6 is 0 Å². The summed E-state index contributed by atoms with van der Waals surface area (Å²) in [5.41, 5.74) is -2.35. The van der Waals surface area contributed by atoms with Gasteiger partial charge < -0.3 is 24.6 Å². The van der Waals surface area contributed by atoms with Gasteiger partial charge in [0.25, 0.3) is 0 Å². The fourth-order valence-corrected chi connectivity index (χ4v) is 4.85. The van der Waals surface area contributed by atoms with Gasteiger partial charge in [-0.05, 0) is 58.4 Å². The van der Waals surface area contributed by atoms with E-state index in [4.69, 9.17) is 4.74 Å². The van der Waals surface area contributed by atoms with Crippen molar-refractivity contribution in [2.24, 2.45) is 5.92 Å². The molecule has 2 N–H and O–H groups in total. The van der Waals surface area contributed by atoms with E-state index >= 15 is 8.78 Å². The molecule has 1 aliphatic carbocycles. The second kappa shape index (κ2) is 9.13. The Bertz CT molecular complexity index is 1230. The van der Waals surface area contributed by atoms with Crippen molar-refractivity contribution in [1.82, 2.24) is 9.88 Å². The fourth-order valence-electron chi connectivity index (χ4n) is 4.85. The SMILES string of the molecule is CC[C@@H](NC(=O)OC(C)(C)C)C1CCN(c2c(F)cc3c(=O)c(C(=O)O)cn(C4CC4)c3c2F)C1. The van der Waals surface area contributed by atoms with Gasteiger partial charge in [-0.2, -0.15) is 0 Å². The highest BCUT2D eigenvalue weighted by atomic mass is 19.1. The van der Waals surface area contributed by atoms with Gasteiger partial charge in [0.1, 0.15) is 22.7 Å². The first-order chi connectivity index (χ1) is 16.4. The molecule has 0 radical (unpaired) electrons. The van der Waals surface area contributed by atoms with Crippen LogP contribution in [0.25, 0.3) is 10.9 Å². The Morgan fingerprint density at radius 2 is 1.94 bits per heavy atom. The van der Waals surface area contributed by atoms with E-state index in [1.54, 1.807) is 25.7 Å². The number of hydrogen-bond acceptors (Lipinski definition) is 5. The maximum Gasteiger partial charge on any atom is 0.407 e. The summed E-state index contributed by atoms with van der Waals surface area (Å²) in [6.07, 6.45) is 3.32. The van der Waals surface area contributed by atoms with Crippen LogP contribution in [0.3, 0.4) is 0 Å². The van der Waals surface area contributed by atoms with Crippen LogP contribution in [0.4, 0.5) is 19.3 Å². The van der Waals surface area contributed by atoms with Gasteiger partial charge in [-0.1, -0.05) is 6.92 Å². The molecule has 8 nitrogen and oxygen atoms in total. The molecular weight excluding hydrogens is 460 g/mol. The minimum absolute atomic E-state index is 0.0537.